The van der Waals surface area contributed by atoms with Gasteiger partial charge in [0.1, 0.15) is 6.04 Å². The van der Waals surface area contributed by atoms with Crippen LogP contribution in [0.25, 0.3) is 0 Å². The monoisotopic (exact) mass is 318 g/mol. The second kappa shape index (κ2) is 10.9. The molecule has 6 nitrogen and oxygen atoms in total. The van der Waals surface area contributed by atoms with Crippen LogP contribution in [0.15, 0.2) is 0 Å². The van der Waals surface area contributed by atoms with Crippen LogP contribution in [0.3, 0.4) is 0 Å². The number of hydrogen-bond donors (Lipinski definition) is 1. The Morgan fingerprint density at radius 1 is 1.33 bits per heavy atom. The molecule has 0 aromatic rings. The van der Waals surface area contributed by atoms with E-state index in [-0.39, 0.29) is 11.9 Å². The smallest absolute Gasteiger partial charge is 0.322 e. The SMILES string of the molecule is CCOC(=O)C(N)CCSCCCC(=O)N1CCOCC1. The zero-order valence-electron chi connectivity index (χ0n) is 12.7. The van der Waals surface area contributed by atoms with E-state index in [1.807, 2.05) is 4.90 Å². The van der Waals surface area contributed by atoms with Crippen molar-refractivity contribution in [3.63, 3.8) is 0 Å². The molecule has 1 rings (SSSR count). The molecular weight excluding hydrogens is 292 g/mol. The third kappa shape index (κ3) is 7.68. The Balaban J connectivity index is 1.99. The number of rotatable bonds is 9. The van der Waals surface area contributed by atoms with Gasteiger partial charge in [0, 0.05) is 19.5 Å². The second-order valence-electron chi connectivity index (χ2n) is 4.86. The van der Waals surface area contributed by atoms with Crippen LogP contribution in [-0.2, 0) is 19.1 Å². The summed E-state index contributed by atoms with van der Waals surface area (Å²) in [7, 11) is 0. The van der Waals surface area contributed by atoms with Crippen LogP contribution in [0.4, 0.5) is 0 Å². The number of esters is 1. The van der Waals surface area contributed by atoms with Crippen molar-refractivity contribution in [3.05, 3.63) is 0 Å². The van der Waals surface area contributed by atoms with Gasteiger partial charge in [-0.05, 0) is 31.3 Å². The van der Waals surface area contributed by atoms with Gasteiger partial charge in [0.15, 0.2) is 0 Å². The van der Waals surface area contributed by atoms with Crippen molar-refractivity contribution in [1.29, 1.82) is 0 Å². The summed E-state index contributed by atoms with van der Waals surface area (Å²) in [5.41, 5.74) is 5.70. The lowest BCUT2D eigenvalue weighted by Crippen LogP contribution is -2.40. The summed E-state index contributed by atoms with van der Waals surface area (Å²) in [5, 5.41) is 0. The number of carbonyl (C=O) groups excluding carboxylic acids is 2. The van der Waals surface area contributed by atoms with Crippen molar-refractivity contribution in [1.82, 2.24) is 4.90 Å². The molecule has 0 aliphatic carbocycles. The molecule has 1 heterocycles. The number of nitrogens with two attached hydrogens (primary N) is 1. The first kappa shape index (κ1) is 18.3. The molecule has 1 amide bonds. The Labute approximate surface area is 130 Å². The van der Waals surface area contributed by atoms with Gasteiger partial charge in [-0.15, -0.1) is 0 Å². The number of carbonyl (C=O) groups is 2. The van der Waals surface area contributed by atoms with Crippen molar-refractivity contribution < 1.29 is 19.1 Å². The predicted octanol–water partition coefficient (Wildman–Crippen LogP) is 0.639. The minimum Gasteiger partial charge on any atom is -0.465 e. The van der Waals surface area contributed by atoms with E-state index in [4.69, 9.17) is 15.2 Å². The lowest BCUT2D eigenvalue weighted by atomic mass is 10.2. The highest BCUT2D eigenvalue weighted by atomic mass is 32.2. The maximum atomic E-state index is 11.9. The summed E-state index contributed by atoms with van der Waals surface area (Å²) in [6, 6.07) is -0.535. The maximum Gasteiger partial charge on any atom is 0.322 e. The third-order valence-electron chi connectivity index (χ3n) is 3.21. The fourth-order valence-electron chi connectivity index (χ4n) is 1.98. The van der Waals surface area contributed by atoms with E-state index in [9.17, 15) is 9.59 Å². The van der Waals surface area contributed by atoms with Crippen molar-refractivity contribution >= 4 is 23.6 Å². The molecule has 1 aliphatic heterocycles. The van der Waals surface area contributed by atoms with Gasteiger partial charge in [-0.25, -0.2) is 0 Å². The molecular formula is C14H26N2O4S. The molecule has 0 radical (unpaired) electrons. The minimum absolute atomic E-state index is 0.210. The van der Waals surface area contributed by atoms with Gasteiger partial charge in [-0.3, -0.25) is 9.59 Å². The third-order valence-corrected chi connectivity index (χ3v) is 4.31. The normalized spacial score (nSPS) is 16.6. The Bertz CT molecular complexity index is 322. The van der Waals surface area contributed by atoms with E-state index in [0.717, 1.165) is 17.9 Å². The molecule has 0 aromatic heterocycles. The van der Waals surface area contributed by atoms with Gasteiger partial charge in [0.25, 0.3) is 0 Å². The standard InChI is InChI=1S/C14H26N2O4S/c1-2-20-14(18)12(15)5-11-21-10-3-4-13(17)16-6-8-19-9-7-16/h12H,2-11,15H2,1H3. The Morgan fingerprint density at radius 2 is 2.05 bits per heavy atom. The van der Waals surface area contributed by atoms with Crippen LogP contribution in [0.2, 0.25) is 0 Å². The predicted molar refractivity (Wildman–Crippen MR) is 83.2 cm³/mol. The van der Waals surface area contributed by atoms with E-state index in [1.54, 1.807) is 18.7 Å². The quantitative estimate of drug-likeness (QED) is 0.496. The van der Waals surface area contributed by atoms with E-state index in [2.05, 4.69) is 0 Å². The van der Waals surface area contributed by atoms with Crippen LogP contribution in [-0.4, -0.2) is 67.2 Å². The van der Waals surface area contributed by atoms with Gasteiger partial charge in [0.05, 0.1) is 19.8 Å². The van der Waals surface area contributed by atoms with Gasteiger partial charge in [-0.2, -0.15) is 11.8 Å². The highest BCUT2D eigenvalue weighted by molar-refractivity contribution is 7.99. The first-order chi connectivity index (χ1) is 10.1. The topological polar surface area (TPSA) is 81.9 Å². The lowest BCUT2D eigenvalue weighted by molar-refractivity contribution is -0.144. The zero-order valence-corrected chi connectivity index (χ0v) is 13.5. The Morgan fingerprint density at radius 3 is 2.71 bits per heavy atom. The summed E-state index contributed by atoms with van der Waals surface area (Å²) < 4.78 is 10.1. The number of thioether (sulfide) groups is 1. The minimum atomic E-state index is -0.535. The molecule has 0 bridgehead atoms. The Hall–Kier alpha value is -0.790. The molecule has 1 atom stereocenters. The lowest BCUT2D eigenvalue weighted by Gasteiger charge is -2.26. The zero-order chi connectivity index (χ0) is 15.5. The maximum absolute atomic E-state index is 11.9. The summed E-state index contributed by atoms with van der Waals surface area (Å²) in [5.74, 6) is 1.60. The number of ether oxygens (including phenoxy) is 2. The van der Waals surface area contributed by atoms with Crippen molar-refractivity contribution in [3.8, 4) is 0 Å². The Kier molecular flexibility index (Phi) is 9.45. The second-order valence-corrected chi connectivity index (χ2v) is 6.08. The van der Waals surface area contributed by atoms with Gasteiger partial charge in [-0.1, -0.05) is 0 Å². The van der Waals surface area contributed by atoms with E-state index in [1.165, 1.54) is 0 Å². The highest BCUT2D eigenvalue weighted by Gasteiger charge is 2.16. The molecule has 122 valence electrons. The van der Waals surface area contributed by atoms with Crippen LogP contribution >= 0.6 is 11.8 Å². The van der Waals surface area contributed by atoms with Gasteiger partial charge >= 0.3 is 5.97 Å². The molecule has 1 unspecified atom stereocenters. The largest absolute Gasteiger partial charge is 0.465 e. The molecule has 1 saturated heterocycles. The van der Waals surface area contributed by atoms with Gasteiger partial charge < -0.3 is 20.1 Å². The fraction of sp³-hybridized carbons (Fsp3) is 0.857. The summed E-state index contributed by atoms with van der Waals surface area (Å²) in [4.78, 5) is 25.1. The molecule has 21 heavy (non-hydrogen) atoms. The van der Waals surface area contributed by atoms with Gasteiger partial charge in [0.2, 0.25) is 5.91 Å². The molecule has 7 heteroatoms. The first-order valence-electron chi connectivity index (χ1n) is 7.50. The van der Waals surface area contributed by atoms with Crippen LogP contribution in [0.5, 0.6) is 0 Å². The average Bonchev–Trinajstić information content (AvgIpc) is 2.51. The van der Waals surface area contributed by atoms with Crippen LogP contribution < -0.4 is 5.73 Å². The van der Waals surface area contributed by atoms with E-state index in [0.29, 0.717) is 45.8 Å². The molecule has 0 aromatic carbocycles. The number of hydrogen-bond acceptors (Lipinski definition) is 6. The fourth-order valence-corrected chi connectivity index (χ4v) is 2.95. The van der Waals surface area contributed by atoms with Crippen molar-refractivity contribution in [2.75, 3.05) is 44.4 Å². The van der Waals surface area contributed by atoms with Crippen LogP contribution in [0, 0.1) is 0 Å². The molecule has 2 N–H and O–H groups in total. The molecule has 1 fully saturated rings. The van der Waals surface area contributed by atoms with E-state index >= 15 is 0 Å². The number of morpholine rings is 1. The molecule has 0 saturated carbocycles. The number of nitrogens with zero attached hydrogens (tertiary/aromatic N) is 1. The summed E-state index contributed by atoms with van der Waals surface area (Å²) >= 11 is 1.72. The van der Waals surface area contributed by atoms with Crippen molar-refractivity contribution in [2.24, 2.45) is 5.73 Å². The first-order valence-corrected chi connectivity index (χ1v) is 8.66. The molecule has 0 spiro atoms. The number of amides is 1. The molecule has 1 aliphatic rings. The average molecular weight is 318 g/mol. The summed E-state index contributed by atoms with van der Waals surface area (Å²) in [6.45, 7) is 4.84. The van der Waals surface area contributed by atoms with Crippen molar-refractivity contribution in [2.45, 2.75) is 32.2 Å². The summed E-state index contributed by atoms with van der Waals surface area (Å²) in [6.07, 6.45) is 2.05. The van der Waals surface area contributed by atoms with E-state index < -0.39 is 6.04 Å². The van der Waals surface area contributed by atoms with Crippen LogP contribution in [0.1, 0.15) is 26.2 Å². The highest BCUT2D eigenvalue weighted by Crippen LogP contribution is 2.10.